The fourth-order valence-corrected chi connectivity index (χ4v) is 4.13. The van der Waals surface area contributed by atoms with Gasteiger partial charge >= 0.3 is 0 Å². The Kier molecular flexibility index (Phi) is 5.97. The van der Waals surface area contributed by atoms with Crippen molar-refractivity contribution in [2.45, 2.75) is 20.3 Å². The normalized spacial score (nSPS) is 10.9. The largest absolute Gasteiger partial charge is 0.337 e. The Labute approximate surface area is 202 Å². The second-order valence-electron chi connectivity index (χ2n) is 8.31. The molecule has 0 fully saturated rings. The molecule has 0 spiro atoms. The molecule has 7 heteroatoms. The van der Waals surface area contributed by atoms with Crippen molar-refractivity contribution < 1.29 is 13.7 Å². The zero-order chi connectivity index (χ0) is 24.4. The minimum Gasteiger partial charge on any atom is -0.337 e. The van der Waals surface area contributed by atoms with E-state index < -0.39 is 0 Å². The van der Waals surface area contributed by atoms with E-state index in [4.69, 9.17) is 4.52 Å². The monoisotopic (exact) mass is 466 g/mol. The van der Waals surface area contributed by atoms with Gasteiger partial charge in [-0.15, -0.1) is 0 Å². The summed E-state index contributed by atoms with van der Waals surface area (Å²) in [6.45, 7) is 4.03. The number of halogens is 1. The number of nitrogens with one attached hydrogen (secondary N) is 1. The molecular weight excluding hydrogens is 443 g/mol. The third-order valence-corrected chi connectivity index (χ3v) is 5.80. The number of hydrogen-bond donors (Lipinski definition) is 1. The molecule has 3 heterocycles. The Morgan fingerprint density at radius 3 is 2.37 bits per heavy atom. The van der Waals surface area contributed by atoms with Crippen molar-refractivity contribution in [3.05, 3.63) is 108 Å². The average Bonchev–Trinajstić information content (AvgIpc) is 3.42. The highest BCUT2D eigenvalue weighted by molar-refractivity contribution is 5.98. The van der Waals surface area contributed by atoms with Gasteiger partial charge in [0.15, 0.2) is 0 Å². The molecule has 5 aromatic rings. The summed E-state index contributed by atoms with van der Waals surface area (Å²) in [6.07, 6.45) is 1.90. The number of rotatable bonds is 6. The Hall–Kier alpha value is -4.52. The number of aromatic nitrogens is 3. The molecule has 6 nitrogen and oxygen atoms in total. The van der Waals surface area contributed by atoms with Gasteiger partial charge in [0.05, 0.1) is 12.0 Å². The molecule has 0 aliphatic carbocycles. The van der Waals surface area contributed by atoms with Crippen LogP contribution in [0.2, 0.25) is 0 Å². The average molecular weight is 467 g/mol. The van der Waals surface area contributed by atoms with Crippen molar-refractivity contribution in [2.24, 2.45) is 0 Å². The molecule has 0 aliphatic heterocycles. The molecule has 1 amide bonds. The van der Waals surface area contributed by atoms with Crippen molar-refractivity contribution in [2.75, 3.05) is 5.32 Å². The number of aryl methyl sites for hydroxylation is 2. The maximum absolute atomic E-state index is 13.6. The van der Waals surface area contributed by atoms with Crippen LogP contribution in [0.1, 0.15) is 17.0 Å². The summed E-state index contributed by atoms with van der Waals surface area (Å²) in [4.78, 5) is 17.4. The van der Waals surface area contributed by atoms with E-state index >= 15 is 0 Å². The van der Waals surface area contributed by atoms with Gasteiger partial charge in [-0.2, -0.15) is 0 Å². The molecular formula is C28H23FN4O2. The molecule has 5 rings (SSSR count). The predicted octanol–water partition coefficient (Wildman–Crippen LogP) is 6.13. The van der Waals surface area contributed by atoms with Crippen LogP contribution in [-0.2, 0) is 11.2 Å². The molecule has 0 aliphatic rings. The highest BCUT2D eigenvalue weighted by Crippen LogP contribution is 2.38. The van der Waals surface area contributed by atoms with Gasteiger partial charge in [0.2, 0.25) is 11.8 Å². The van der Waals surface area contributed by atoms with Gasteiger partial charge in [0.25, 0.3) is 0 Å². The smallest absolute Gasteiger partial charge is 0.239 e. The molecule has 174 valence electrons. The standard InChI is InChI=1S/C28H23FN4O2/c1-18-8-9-19(2)33(18)24-17-22(14-15-30-24)26-27(21-10-12-23(29)13-11-21)32-35-28(26)31-25(34)16-20-6-4-3-5-7-20/h3-15,17H,16H2,1-2H3,(H,31,34). The van der Waals surface area contributed by atoms with Crippen LogP contribution in [0.3, 0.4) is 0 Å². The van der Waals surface area contributed by atoms with E-state index in [1.54, 1.807) is 18.3 Å². The topological polar surface area (TPSA) is 73.0 Å². The summed E-state index contributed by atoms with van der Waals surface area (Å²) < 4.78 is 21.2. The van der Waals surface area contributed by atoms with Crippen molar-refractivity contribution in [1.29, 1.82) is 0 Å². The van der Waals surface area contributed by atoms with Crippen molar-refractivity contribution in [3.63, 3.8) is 0 Å². The molecule has 3 aromatic heterocycles. The number of benzene rings is 2. The van der Waals surface area contributed by atoms with Gasteiger partial charge in [-0.3, -0.25) is 10.1 Å². The Morgan fingerprint density at radius 2 is 1.66 bits per heavy atom. The lowest BCUT2D eigenvalue weighted by Gasteiger charge is -2.11. The fraction of sp³-hybridized carbons (Fsp3) is 0.107. The molecule has 0 bridgehead atoms. The highest BCUT2D eigenvalue weighted by Gasteiger charge is 2.22. The van der Waals surface area contributed by atoms with Crippen LogP contribution in [0.25, 0.3) is 28.2 Å². The van der Waals surface area contributed by atoms with Crippen LogP contribution < -0.4 is 5.32 Å². The van der Waals surface area contributed by atoms with E-state index in [9.17, 15) is 9.18 Å². The van der Waals surface area contributed by atoms with Gasteiger partial charge in [-0.25, -0.2) is 9.37 Å². The maximum Gasteiger partial charge on any atom is 0.239 e. The van der Waals surface area contributed by atoms with Crippen LogP contribution in [-0.4, -0.2) is 20.6 Å². The summed E-state index contributed by atoms with van der Waals surface area (Å²) in [5, 5.41) is 7.11. The van der Waals surface area contributed by atoms with E-state index in [0.29, 0.717) is 16.8 Å². The van der Waals surface area contributed by atoms with E-state index in [2.05, 4.69) is 15.5 Å². The van der Waals surface area contributed by atoms with Gasteiger partial charge < -0.3 is 9.09 Å². The first-order chi connectivity index (χ1) is 17.0. The molecule has 0 saturated carbocycles. The van der Waals surface area contributed by atoms with Crippen molar-refractivity contribution in [3.8, 4) is 28.2 Å². The van der Waals surface area contributed by atoms with E-state index in [1.807, 2.05) is 73.0 Å². The van der Waals surface area contributed by atoms with Gasteiger partial charge in [-0.05, 0) is 73.5 Å². The summed E-state index contributed by atoms with van der Waals surface area (Å²) >= 11 is 0. The number of carbonyl (C=O) groups is 1. The third-order valence-electron chi connectivity index (χ3n) is 5.80. The predicted molar refractivity (Wildman–Crippen MR) is 133 cm³/mol. The maximum atomic E-state index is 13.6. The number of hydrogen-bond acceptors (Lipinski definition) is 4. The molecule has 1 N–H and O–H groups in total. The van der Waals surface area contributed by atoms with Crippen LogP contribution in [0, 0.1) is 19.7 Å². The second kappa shape index (κ2) is 9.38. The second-order valence-corrected chi connectivity index (χ2v) is 8.31. The minimum absolute atomic E-state index is 0.191. The van der Waals surface area contributed by atoms with E-state index in [0.717, 1.165) is 28.3 Å². The Balaban J connectivity index is 1.58. The quantitative estimate of drug-likeness (QED) is 0.327. The first-order valence-corrected chi connectivity index (χ1v) is 11.2. The zero-order valence-corrected chi connectivity index (χ0v) is 19.3. The molecule has 0 saturated heterocycles. The molecule has 35 heavy (non-hydrogen) atoms. The lowest BCUT2D eigenvalue weighted by Crippen LogP contribution is -2.14. The first-order valence-electron chi connectivity index (χ1n) is 11.2. The molecule has 0 unspecified atom stereocenters. The number of pyridine rings is 1. The van der Waals surface area contributed by atoms with Gasteiger partial charge in [0, 0.05) is 23.1 Å². The number of anilines is 1. The van der Waals surface area contributed by atoms with E-state index in [1.165, 1.54) is 12.1 Å². The summed E-state index contributed by atoms with van der Waals surface area (Å²) in [5.74, 6) is 0.379. The van der Waals surface area contributed by atoms with Gasteiger partial charge in [-0.1, -0.05) is 35.5 Å². The summed E-state index contributed by atoms with van der Waals surface area (Å²) in [5.41, 5.74) is 5.51. The van der Waals surface area contributed by atoms with Crippen molar-refractivity contribution >= 4 is 11.8 Å². The highest BCUT2D eigenvalue weighted by atomic mass is 19.1. The number of nitrogens with zero attached hydrogens (tertiary/aromatic N) is 3. The summed E-state index contributed by atoms with van der Waals surface area (Å²) in [7, 11) is 0. The number of carbonyl (C=O) groups excluding carboxylic acids is 1. The Morgan fingerprint density at radius 1 is 0.943 bits per heavy atom. The number of amides is 1. The summed E-state index contributed by atoms with van der Waals surface area (Å²) in [6, 6.07) is 23.3. The van der Waals surface area contributed by atoms with E-state index in [-0.39, 0.29) is 24.0 Å². The SMILES string of the molecule is Cc1ccc(C)n1-c1cc(-c2c(-c3ccc(F)cc3)noc2NC(=O)Cc2ccccc2)ccn1. The van der Waals surface area contributed by atoms with Crippen LogP contribution >= 0.6 is 0 Å². The minimum atomic E-state index is -0.347. The van der Waals surface area contributed by atoms with Crippen LogP contribution in [0.15, 0.2) is 89.6 Å². The zero-order valence-electron chi connectivity index (χ0n) is 19.3. The lowest BCUT2D eigenvalue weighted by molar-refractivity contribution is -0.115. The van der Waals surface area contributed by atoms with Crippen molar-refractivity contribution in [1.82, 2.24) is 14.7 Å². The fourth-order valence-electron chi connectivity index (χ4n) is 4.13. The lowest BCUT2D eigenvalue weighted by atomic mass is 10.0. The van der Waals surface area contributed by atoms with Crippen LogP contribution in [0.4, 0.5) is 10.3 Å². The Bertz CT molecular complexity index is 1470. The molecule has 2 aromatic carbocycles. The third kappa shape index (κ3) is 4.61. The van der Waals surface area contributed by atoms with Crippen LogP contribution in [0.5, 0.6) is 0 Å². The molecule has 0 radical (unpaired) electrons. The first kappa shape index (κ1) is 22.3. The van der Waals surface area contributed by atoms with Gasteiger partial charge in [0.1, 0.15) is 17.3 Å². The molecule has 0 atom stereocenters.